The van der Waals surface area contributed by atoms with Crippen molar-refractivity contribution in [1.29, 1.82) is 0 Å². The molecular weight excluding hydrogens is 480 g/mol. The van der Waals surface area contributed by atoms with Gasteiger partial charge in [0.15, 0.2) is 0 Å². The number of hydrogen-bond donors (Lipinski definition) is 0. The summed E-state index contributed by atoms with van der Waals surface area (Å²) in [5.41, 5.74) is 3.22. The number of ether oxygens (including phenoxy) is 5. The molecule has 0 bridgehead atoms. The lowest BCUT2D eigenvalue weighted by Gasteiger charge is -2.45. The van der Waals surface area contributed by atoms with Gasteiger partial charge in [-0.1, -0.05) is 79.7 Å². The van der Waals surface area contributed by atoms with E-state index >= 15 is 0 Å². The molecule has 0 spiro atoms. The van der Waals surface area contributed by atoms with E-state index in [0.29, 0.717) is 19.8 Å². The quantitative estimate of drug-likeness (QED) is 0.275. The minimum absolute atomic E-state index is 0.0236. The summed E-state index contributed by atoms with van der Waals surface area (Å²) < 4.78 is 30.5. The number of esters is 1. The van der Waals surface area contributed by atoms with Crippen LogP contribution in [0.15, 0.2) is 84.9 Å². The van der Waals surface area contributed by atoms with E-state index < -0.39 is 0 Å². The minimum Gasteiger partial charge on any atom is -0.497 e. The lowest BCUT2D eigenvalue weighted by atomic mass is 9.76. The number of carbonyl (C=O) groups excluding carboxylic acids is 1. The fraction of sp³-hybridized carbons (Fsp3) is 0.406. The third kappa shape index (κ3) is 7.90. The predicted molar refractivity (Wildman–Crippen MR) is 146 cm³/mol. The fourth-order valence-corrected chi connectivity index (χ4v) is 5.04. The summed E-state index contributed by atoms with van der Waals surface area (Å²) >= 11 is 0. The molecule has 3 aromatic rings. The Hall–Kier alpha value is -3.19. The molecule has 202 valence electrons. The van der Waals surface area contributed by atoms with Gasteiger partial charge in [-0.2, -0.15) is 0 Å². The van der Waals surface area contributed by atoms with Gasteiger partial charge >= 0.3 is 5.97 Å². The molecule has 0 aromatic heterocycles. The highest BCUT2D eigenvalue weighted by atomic mass is 16.6. The van der Waals surface area contributed by atoms with Gasteiger partial charge < -0.3 is 23.7 Å². The van der Waals surface area contributed by atoms with Crippen LogP contribution in [-0.4, -0.2) is 38.0 Å². The van der Waals surface area contributed by atoms with E-state index in [1.807, 2.05) is 60.7 Å². The molecular formula is C32H38O6. The highest BCUT2D eigenvalue weighted by Gasteiger charge is 2.46. The van der Waals surface area contributed by atoms with E-state index in [1.54, 1.807) is 7.11 Å². The Kier molecular flexibility index (Phi) is 10.3. The largest absolute Gasteiger partial charge is 0.497 e. The van der Waals surface area contributed by atoms with E-state index in [-0.39, 0.29) is 42.7 Å². The summed E-state index contributed by atoms with van der Waals surface area (Å²) in [5.74, 6) is 0.660. The van der Waals surface area contributed by atoms with Crippen LogP contribution in [0.2, 0.25) is 0 Å². The molecule has 0 N–H and O–H groups in total. The summed E-state index contributed by atoms with van der Waals surface area (Å²) in [6.07, 6.45) is -0.0578. The molecule has 1 aliphatic carbocycles. The van der Waals surface area contributed by atoms with Crippen LogP contribution in [0.25, 0.3) is 0 Å². The van der Waals surface area contributed by atoms with Crippen molar-refractivity contribution in [3.8, 4) is 5.75 Å². The van der Waals surface area contributed by atoms with Crippen LogP contribution in [0, 0.1) is 11.8 Å². The van der Waals surface area contributed by atoms with Crippen LogP contribution in [0.3, 0.4) is 0 Å². The van der Waals surface area contributed by atoms with Crippen LogP contribution in [0.4, 0.5) is 0 Å². The Morgan fingerprint density at radius 1 is 0.711 bits per heavy atom. The molecule has 6 nitrogen and oxygen atoms in total. The summed E-state index contributed by atoms with van der Waals surface area (Å²) in [6.45, 7) is 5.22. The first-order valence-corrected chi connectivity index (χ1v) is 13.2. The molecule has 0 aliphatic heterocycles. The molecule has 0 saturated heterocycles. The maximum Gasteiger partial charge on any atom is 0.302 e. The van der Waals surface area contributed by atoms with Gasteiger partial charge in [0.05, 0.1) is 45.7 Å². The molecule has 1 aliphatic rings. The van der Waals surface area contributed by atoms with E-state index in [0.717, 1.165) is 28.9 Å². The zero-order chi connectivity index (χ0) is 26.7. The average molecular weight is 519 g/mol. The van der Waals surface area contributed by atoms with E-state index in [2.05, 4.69) is 31.2 Å². The van der Waals surface area contributed by atoms with Gasteiger partial charge in [0.25, 0.3) is 0 Å². The van der Waals surface area contributed by atoms with Crippen LogP contribution in [-0.2, 0) is 43.6 Å². The van der Waals surface area contributed by atoms with Gasteiger partial charge in [-0.15, -0.1) is 0 Å². The molecule has 0 radical (unpaired) electrons. The van der Waals surface area contributed by atoms with E-state index in [1.165, 1.54) is 6.92 Å². The van der Waals surface area contributed by atoms with Gasteiger partial charge in [0.1, 0.15) is 11.9 Å². The molecule has 4 rings (SSSR count). The smallest absolute Gasteiger partial charge is 0.302 e. The van der Waals surface area contributed by atoms with Crippen LogP contribution in [0.1, 0.15) is 37.0 Å². The maximum atomic E-state index is 11.7. The first kappa shape index (κ1) is 27.8. The van der Waals surface area contributed by atoms with Gasteiger partial charge in [0, 0.05) is 12.8 Å². The molecule has 3 aromatic carbocycles. The Bertz CT molecular complexity index is 1100. The number of hydrogen-bond acceptors (Lipinski definition) is 6. The van der Waals surface area contributed by atoms with Gasteiger partial charge in [-0.05, 0) is 41.2 Å². The Labute approximate surface area is 225 Å². The summed E-state index contributed by atoms with van der Waals surface area (Å²) in [7, 11) is 1.65. The highest BCUT2D eigenvalue weighted by Crippen LogP contribution is 2.37. The van der Waals surface area contributed by atoms with Gasteiger partial charge in [0.2, 0.25) is 0 Å². The zero-order valence-electron chi connectivity index (χ0n) is 22.5. The molecule has 1 fully saturated rings. The predicted octanol–water partition coefficient (Wildman–Crippen LogP) is 5.97. The zero-order valence-corrected chi connectivity index (χ0v) is 22.5. The molecule has 0 unspecified atom stereocenters. The van der Waals surface area contributed by atoms with E-state index in [9.17, 15) is 4.79 Å². The van der Waals surface area contributed by atoms with Crippen molar-refractivity contribution in [3.05, 3.63) is 102 Å². The Balaban J connectivity index is 1.57. The average Bonchev–Trinajstić information content (AvgIpc) is 2.95. The lowest BCUT2D eigenvalue weighted by Crippen LogP contribution is -2.54. The minimum atomic E-state index is -0.346. The second kappa shape index (κ2) is 14.1. The lowest BCUT2D eigenvalue weighted by molar-refractivity contribution is -0.209. The normalized spacial score (nSPS) is 23.1. The Morgan fingerprint density at radius 3 is 1.74 bits per heavy atom. The van der Waals surface area contributed by atoms with Crippen molar-refractivity contribution < 1.29 is 28.5 Å². The number of benzene rings is 3. The van der Waals surface area contributed by atoms with Crippen molar-refractivity contribution >= 4 is 5.97 Å². The first-order valence-electron chi connectivity index (χ1n) is 13.2. The third-order valence-electron chi connectivity index (χ3n) is 7.02. The maximum absolute atomic E-state index is 11.7. The summed E-state index contributed by atoms with van der Waals surface area (Å²) in [6, 6.07) is 28.1. The summed E-state index contributed by atoms with van der Waals surface area (Å²) in [4.78, 5) is 11.7. The molecule has 0 amide bonds. The number of methoxy groups -OCH3 is 1. The first-order chi connectivity index (χ1) is 18.5. The SMILES string of the molecule is COc1ccc(CO[C@@H]2[C@@H](COC(C)=O)C[C@@H](C)[C@H](OCc3ccccc3)[C@H]2OCc2ccccc2)cc1. The fourth-order valence-electron chi connectivity index (χ4n) is 5.04. The number of carbonyl (C=O) groups is 1. The van der Waals surface area contributed by atoms with Crippen LogP contribution >= 0.6 is 0 Å². The molecule has 38 heavy (non-hydrogen) atoms. The monoisotopic (exact) mass is 518 g/mol. The standard InChI is InChI=1S/C32H38O6/c1-23-18-28(22-35-24(2)33)31(37-21-27-14-16-29(34-3)17-15-27)32(38-20-26-12-8-5-9-13-26)30(23)36-19-25-10-6-4-7-11-25/h4-17,23,28,30-32H,18-22H2,1-3H3/t23-,28-,30+,31-,32-/m1/s1. The molecule has 0 heterocycles. The Morgan fingerprint density at radius 2 is 1.21 bits per heavy atom. The van der Waals surface area contributed by atoms with Gasteiger partial charge in [-0.3, -0.25) is 4.79 Å². The van der Waals surface area contributed by atoms with Crippen LogP contribution in [0.5, 0.6) is 5.75 Å². The van der Waals surface area contributed by atoms with Crippen molar-refractivity contribution in [2.45, 2.75) is 58.4 Å². The van der Waals surface area contributed by atoms with Crippen molar-refractivity contribution in [2.75, 3.05) is 13.7 Å². The third-order valence-corrected chi connectivity index (χ3v) is 7.02. The van der Waals surface area contributed by atoms with Crippen molar-refractivity contribution in [2.24, 2.45) is 11.8 Å². The van der Waals surface area contributed by atoms with Crippen molar-refractivity contribution in [3.63, 3.8) is 0 Å². The highest BCUT2D eigenvalue weighted by molar-refractivity contribution is 5.65. The van der Waals surface area contributed by atoms with Gasteiger partial charge in [-0.25, -0.2) is 0 Å². The molecule has 6 heteroatoms. The molecule has 5 atom stereocenters. The van der Waals surface area contributed by atoms with Crippen molar-refractivity contribution in [1.82, 2.24) is 0 Å². The second-order valence-electron chi connectivity index (χ2n) is 9.92. The second-order valence-corrected chi connectivity index (χ2v) is 9.92. The number of rotatable bonds is 12. The topological polar surface area (TPSA) is 63.2 Å². The summed E-state index contributed by atoms with van der Waals surface area (Å²) in [5, 5.41) is 0. The molecule has 1 saturated carbocycles. The van der Waals surface area contributed by atoms with E-state index in [4.69, 9.17) is 23.7 Å². The van der Waals surface area contributed by atoms with Crippen LogP contribution < -0.4 is 4.74 Å².